The number of fused-ring (bicyclic) bond motifs is 3. The van der Waals surface area contributed by atoms with Crippen LogP contribution in [0.2, 0.25) is 25.7 Å². The number of hydrogen-bond acceptors (Lipinski definition) is 3. The molecule has 3 rings (SSSR count). The van der Waals surface area contributed by atoms with Crippen molar-refractivity contribution in [1.29, 1.82) is 0 Å². The van der Waals surface area contributed by atoms with Crippen LogP contribution in [0.3, 0.4) is 0 Å². The van der Waals surface area contributed by atoms with Gasteiger partial charge in [-0.25, -0.2) is 9.48 Å². The van der Waals surface area contributed by atoms with E-state index in [9.17, 15) is 9.90 Å². The summed E-state index contributed by atoms with van der Waals surface area (Å²) >= 11 is 0. The first-order chi connectivity index (χ1) is 10.2. The lowest BCUT2D eigenvalue weighted by Gasteiger charge is -2.20. The molecule has 1 N–H and O–H groups in total. The van der Waals surface area contributed by atoms with Crippen molar-refractivity contribution in [3.63, 3.8) is 0 Å². The Hall–Kier alpha value is -1.14. The lowest BCUT2D eigenvalue weighted by Crippen LogP contribution is -2.22. The first-order valence-electron chi connectivity index (χ1n) is 8.12. The van der Waals surface area contributed by atoms with Crippen LogP contribution in [0.25, 0.3) is 0 Å². The quantitative estimate of drug-likeness (QED) is 0.644. The Labute approximate surface area is 132 Å². The fourth-order valence-corrected chi connectivity index (χ4v) is 4.23. The van der Waals surface area contributed by atoms with Crippen molar-refractivity contribution in [3.05, 3.63) is 17.0 Å². The van der Waals surface area contributed by atoms with Gasteiger partial charge in [0.15, 0.2) is 5.69 Å². The molecular formula is C16H26N2O3Si. The second-order valence-electron chi connectivity index (χ2n) is 8.28. The Kier molecular flexibility index (Phi) is 3.72. The van der Waals surface area contributed by atoms with E-state index in [4.69, 9.17) is 4.74 Å². The molecule has 1 saturated carbocycles. The summed E-state index contributed by atoms with van der Waals surface area (Å²) < 4.78 is 7.61. The Balaban J connectivity index is 1.76. The highest BCUT2D eigenvalue weighted by Crippen LogP contribution is 2.65. The standard InChI is InChI=1S/C16H26N2O3Si/c1-16-6-5-11-13(15(19)20)17-18(14(11)12(16)9-16)10-21-7-8-22(2,3)4/h12H,5-10H2,1-4H3,(H,19,20). The molecule has 2 aliphatic rings. The van der Waals surface area contributed by atoms with Crippen LogP contribution in [-0.2, 0) is 17.9 Å². The van der Waals surface area contributed by atoms with E-state index < -0.39 is 14.0 Å². The van der Waals surface area contributed by atoms with Crippen molar-refractivity contribution in [2.45, 2.75) is 64.5 Å². The Bertz CT molecular complexity index is 605. The third-order valence-electron chi connectivity index (χ3n) is 5.13. The van der Waals surface area contributed by atoms with Gasteiger partial charge in [-0.15, -0.1) is 0 Å². The molecule has 122 valence electrons. The summed E-state index contributed by atoms with van der Waals surface area (Å²) in [5.74, 6) is -0.446. The van der Waals surface area contributed by atoms with E-state index in [0.29, 0.717) is 18.1 Å². The fourth-order valence-electron chi connectivity index (χ4n) is 3.47. The van der Waals surface area contributed by atoms with Crippen LogP contribution in [0.4, 0.5) is 0 Å². The van der Waals surface area contributed by atoms with Crippen molar-refractivity contribution >= 4 is 14.0 Å². The van der Waals surface area contributed by atoms with E-state index in [2.05, 4.69) is 31.7 Å². The predicted octanol–water partition coefficient (Wildman–Crippen LogP) is 3.33. The van der Waals surface area contributed by atoms with Crippen molar-refractivity contribution in [2.24, 2.45) is 5.41 Å². The number of aromatic carboxylic acids is 1. The summed E-state index contributed by atoms with van der Waals surface area (Å²) in [6.45, 7) is 10.4. The van der Waals surface area contributed by atoms with Crippen molar-refractivity contribution in [2.75, 3.05) is 6.61 Å². The Morgan fingerprint density at radius 2 is 2.23 bits per heavy atom. The number of hydrogen-bond donors (Lipinski definition) is 1. The molecule has 1 fully saturated rings. The molecule has 0 radical (unpaired) electrons. The Morgan fingerprint density at radius 1 is 1.50 bits per heavy atom. The first-order valence-corrected chi connectivity index (χ1v) is 11.8. The zero-order valence-corrected chi connectivity index (χ0v) is 15.0. The summed E-state index contributed by atoms with van der Waals surface area (Å²) in [6.07, 6.45) is 3.06. The van der Waals surface area contributed by atoms with Gasteiger partial charge < -0.3 is 9.84 Å². The second-order valence-corrected chi connectivity index (χ2v) is 13.9. The molecule has 1 aromatic heterocycles. The van der Waals surface area contributed by atoms with Crippen LogP contribution in [0, 0.1) is 5.41 Å². The van der Waals surface area contributed by atoms with Crippen LogP contribution in [0.5, 0.6) is 0 Å². The summed E-state index contributed by atoms with van der Waals surface area (Å²) in [6, 6.07) is 1.11. The summed E-state index contributed by atoms with van der Waals surface area (Å²) in [7, 11) is -1.10. The van der Waals surface area contributed by atoms with Gasteiger partial charge in [0, 0.05) is 31.9 Å². The monoisotopic (exact) mass is 322 g/mol. The maximum Gasteiger partial charge on any atom is 0.356 e. The highest BCUT2D eigenvalue weighted by Gasteiger charge is 2.56. The second kappa shape index (κ2) is 5.20. The van der Waals surface area contributed by atoms with Gasteiger partial charge in [-0.05, 0) is 30.7 Å². The zero-order chi connectivity index (χ0) is 16.1. The molecule has 0 aromatic carbocycles. The summed E-state index contributed by atoms with van der Waals surface area (Å²) in [5, 5.41) is 13.7. The number of carbonyl (C=O) groups is 1. The van der Waals surface area contributed by atoms with Gasteiger partial charge in [-0.1, -0.05) is 26.6 Å². The average Bonchev–Trinajstić information content (AvgIpc) is 2.95. The minimum atomic E-state index is -1.10. The van der Waals surface area contributed by atoms with E-state index in [1.54, 1.807) is 0 Å². The first kappa shape index (κ1) is 15.7. The average molecular weight is 322 g/mol. The molecule has 2 atom stereocenters. The molecular weight excluding hydrogens is 296 g/mol. The molecule has 1 aromatic rings. The highest BCUT2D eigenvalue weighted by molar-refractivity contribution is 6.76. The zero-order valence-electron chi connectivity index (χ0n) is 14.0. The SMILES string of the molecule is CC12CCc3c(C(=O)O)nn(COCC[Si](C)(C)C)c3C1C2. The van der Waals surface area contributed by atoms with Crippen molar-refractivity contribution < 1.29 is 14.6 Å². The predicted molar refractivity (Wildman–Crippen MR) is 87.1 cm³/mol. The smallest absolute Gasteiger partial charge is 0.356 e. The summed E-state index contributed by atoms with van der Waals surface area (Å²) in [4.78, 5) is 11.4. The molecule has 2 aliphatic carbocycles. The molecule has 0 aliphatic heterocycles. The Morgan fingerprint density at radius 3 is 2.86 bits per heavy atom. The molecule has 0 bridgehead atoms. The normalized spacial score (nSPS) is 26.5. The molecule has 5 nitrogen and oxygen atoms in total. The number of rotatable bonds is 6. The maximum absolute atomic E-state index is 11.4. The van der Waals surface area contributed by atoms with E-state index in [0.717, 1.165) is 43.2 Å². The van der Waals surface area contributed by atoms with Crippen LogP contribution in [-0.4, -0.2) is 35.5 Å². The fraction of sp³-hybridized carbons (Fsp3) is 0.750. The van der Waals surface area contributed by atoms with Crippen LogP contribution < -0.4 is 0 Å². The van der Waals surface area contributed by atoms with Gasteiger partial charge in [0.05, 0.1) is 0 Å². The van der Waals surface area contributed by atoms with Gasteiger partial charge in [0.1, 0.15) is 6.73 Å². The largest absolute Gasteiger partial charge is 0.476 e. The highest BCUT2D eigenvalue weighted by atomic mass is 28.3. The number of carboxylic acid groups (broad SMARTS) is 1. The minimum Gasteiger partial charge on any atom is -0.476 e. The molecule has 2 unspecified atom stereocenters. The van der Waals surface area contributed by atoms with E-state index >= 15 is 0 Å². The third-order valence-corrected chi connectivity index (χ3v) is 6.84. The van der Waals surface area contributed by atoms with Crippen molar-refractivity contribution in [1.82, 2.24) is 9.78 Å². The minimum absolute atomic E-state index is 0.234. The van der Waals surface area contributed by atoms with E-state index in [-0.39, 0.29) is 5.69 Å². The van der Waals surface area contributed by atoms with Gasteiger partial charge in [0.25, 0.3) is 0 Å². The van der Waals surface area contributed by atoms with Crippen molar-refractivity contribution in [3.8, 4) is 0 Å². The van der Waals surface area contributed by atoms with Crippen LogP contribution >= 0.6 is 0 Å². The number of aromatic nitrogens is 2. The van der Waals surface area contributed by atoms with Crippen LogP contribution in [0.15, 0.2) is 0 Å². The lowest BCUT2D eigenvalue weighted by molar-refractivity contribution is 0.0668. The van der Waals surface area contributed by atoms with Gasteiger partial charge in [0.2, 0.25) is 0 Å². The number of carboxylic acids is 1. The maximum atomic E-state index is 11.4. The molecule has 0 spiro atoms. The van der Waals surface area contributed by atoms with E-state index in [1.807, 2.05) is 4.68 Å². The molecule has 0 amide bonds. The molecule has 6 heteroatoms. The number of ether oxygens (including phenoxy) is 1. The third kappa shape index (κ3) is 2.86. The molecule has 0 saturated heterocycles. The molecule has 1 heterocycles. The van der Waals surface area contributed by atoms with E-state index in [1.165, 1.54) is 0 Å². The summed E-state index contributed by atoms with van der Waals surface area (Å²) in [5.41, 5.74) is 2.66. The topological polar surface area (TPSA) is 64.3 Å². The number of nitrogens with zero attached hydrogens (tertiary/aromatic N) is 2. The van der Waals surface area contributed by atoms with Gasteiger partial charge in [-0.3, -0.25) is 0 Å². The van der Waals surface area contributed by atoms with Crippen LogP contribution in [0.1, 0.15) is 47.4 Å². The lowest BCUT2D eigenvalue weighted by atomic mass is 9.87. The molecule has 22 heavy (non-hydrogen) atoms. The van der Waals surface area contributed by atoms with Gasteiger partial charge >= 0.3 is 5.97 Å². The van der Waals surface area contributed by atoms with Gasteiger partial charge in [-0.2, -0.15) is 5.10 Å².